The van der Waals surface area contributed by atoms with Crippen LogP contribution in [0.15, 0.2) is 0 Å². The molecule has 0 aromatic carbocycles. The molecule has 4 nitrogen and oxygen atoms in total. The molecule has 1 aliphatic heterocycles. The summed E-state index contributed by atoms with van der Waals surface area (Å²) in [7, 11) is 0. The van der Waals surface area contributed by atoms with Gasteiger partial charge in [-0.15, -0.1) is 0 Å². The van der Waals surface area contributed by atoms with Crippen molar-refractivity contribution in [3.63, 3.8) is 0 Å². The maximum Gasteiger partial charge on any atom is 0.122 e. The van der Waals surface area contributed by atoms with Crippen molar-refractivity contribution in [3.8, 4) is 0 Å². The molecule has 0 aromatic rings. The molecule has 1 heterocycles. The van der Waals surface area contributed by atoms with Crippen LogP contribution in [0.3, 0.4) is 0 Å². The molecule has 2 rings (SSSR count). The minimum absolute atomic E-state index is 0.0764. The van der Waals surface area contributed by atoms with Crippen molar-refractivity contribution in [2.24, 2.45) is 5.92 Å². The summed E-state index contributed by atoms with van der Waals surface area (Å²) in [6.45, 7) is 0.172. The van der Waals surface area contributed by atoms with E-state index in [4.69, 9.17) is 4.89 Å². The van der Waals surface area contributed by atoms with Crippen molar-refractivity contribution >= 4 is 0 Å². The van der Waals surface area contributed by atoms with Gasteiger partial charge in [-0.1, -0.05) is 19.3 Å². The van der Waals surface area contributed by atoms with E-state index >= 15 is 0 Å². The Hall–Kier alpha value is -0.160. The fourth-order valence-electron chi connectivity index (χ4n) is 2.48. The van der Waals surface area contributed by atoms with E-state index in [2.05, 4.69) is 4.89 Å². The predicted molar refractivity (Wildman–Crippen MR) is 49.4 cm³/mol. The van der Waals surface area contributed by atoms with Gasteiger partial charge in [0.1, 0.15) is 24.9 Å². The third-order valence-corrected chi connectivity index (χ3v) is 3.49. The number of rotatable bonds is 1. The average Bonchev–Trinajstić information content (AvgIpc) is 2.24. The zero-order valence-corrected chi connectivity index (χ0v) is 8.32. The number of aliphatic hydroxyl groups is 2. The van der Waals surface area contributed by atoms with Crippen molar-refractivity contribution < 1.29 is 20.0 Å². The van der Waals surface area contributed by atoms with E-state index in [1.54, 1.807) is 0 Å². The molecule has 0 unspecified atom stereocenters. The van der Waals surface area contributed by atoms with Crippen molar-refractivity contribution in [3.05, 3.63) is 0 Å². The first kappa shape index (κ1) is 10.4. The van der Waals surface area contributed by atoms with E-state index in [1.807, 2.05) is 0 Å². The first-order chi connectivity index (χ1) is 6.73. The summed E-state index contributed by atoms with van der Waals surface area (Å²) < 4.78 is 0. The van der Waals surface area contributed by atoms with E-state index < -0.39 is 11.7 Å². The molecule has 2 atom stereocenters. The van der Waals surface area contributed by atoms with Crippen LogP contribution in [0.5, 0.6) is 0 Å². The van der Waals surface area contributed by atoms with Gasteiger partial charge in [0.25, 0.3) is 0 Å². The van der Waals surface area contributed by atoms with Gasteiger partial charge in [0.2, 0.25) is 0 Å². The highest BCUT2D eigenvalue weighted by Crippen LogP contribution is 2.36. The van der Waals surface area contributed by atoms with Gasteiger partial charge in [0, 0.05) is 0 Å². The molecule has 0 bridgehead atoms. The highest BCUT2D eigenvalue weighted by atomic mass is 17.2. The Balaban J connectivity index is 2.03. The van der Waals surface area contributed by atoms with Crippen LogP contribution in [0.25, 0.3) is 0 Å². The Morgan fingerprint density at radius 2 is 1.79 bits per heavy atom. The number of hydrogen-bond acceptors (Lipinski definition) is 4. The number of hydrogen-bond donors (Lipinski definition) is 2. The molecular formula is C10H18O4. The molecule has 0 amide bonds. The standard InChI is InChI=1S/C10H18O4/c11-9-6-13-14-7-10(9,12)8-4-2-1-3-5-8/h8-9,11-12H,1-7H2/t9-,10-/m1/s1. The molecule has 0 radical (unpaired) electrons. The minimum atomic E-state index is -1.08. The second-order valence-electron chi connectivity index (χ2n) is 4.39. The molecule has 2 fully saturated rings. The Bertz CT molecular complexity index is 191. The zero-order chi connectivity index (χ0) is 10.0. The van der Waals surface area contributed by atoms with Crippen LogP contribution in [0.2, 0.25) is 0 Å². The fraction of sp³-hybridized carbons (Fsp3) is 1.00. The quantitative estimate of drug-likeness (QED) is 0.612. The Morgan fingerprint density at radius 3 is 2.43 bits per heavy atom. The van der Waals surface area contributed by atoms with Crippen LogP contribution in [0.4, 0.5) is 0 Å². The summed E-state index contributed by atoms with van der Waals surface area (Å²) in [5.41, 5.74) is -1.08. The lowest BCUT2D eigenvalue weighted by Gasteiger charge is -2.43. The van der Waals surface area contributed by atoms with E-state index in [9.17, 15) is 10.2 Å². The van der Waals surface area contributed by atoms with Crippen molar-refractivity contribution in [2.75, 3.05) is 13.2 Å². The predicted octanol–water partition coefficient (Wildman–Crippen LogP) is 0.620. The maximum absolute atomic E-state index is 10.3. The monoisotopic (exact) mass is 202 g/mol. The van der Waals surface area contributed by atoms with Gasteiger partial charge in [-0.3, -0.25) is 0 Å². The highest BCUT2D eigenvalue weighted by Gasteiger charge is 2.46. The fourth-order valence-corrected chi connectivity index (χ4v) is 2.48. The van der Waals surface area contributed by atoms with Crippen molar-refractivity contribution in [1.29, 1.82) is 0 Å². The molecule has 1 saturated heterocycles. The normalized spacial score (nSPS) is 41.1. The molecule has 0 aromatic heterocycles. The molecular weight excluding hydrogens is 184 g/mol. The van der Waals surface area contributed by atoms with Crippen LogP contribution in [0.1, 0.15) is 32.1 Å². The van der Waals surface area contributed by atoms with Crippen LogP contribution in [-0.2, 0) is 9.78 Å². The summed E-state index contributed by atoms with van der Waals surface area (Å²) in [5, 5.41) is 20.0. The maximum atomic E-state index is 10.3. The van der Waals surface area contributed by atoms with Gasteiger partial charge in [-0.2, -0.15) is 0 Å². The molecule has 1 saturated carbocycles. The van der Waals surface area contributed by atoms with Gasteiger partial charge in [-0.25, -0.2) is 9.78 Å². The van der Waals surface area contributed by atoms with E-state index in [0.717, 1.165) is 25.7 Å². The summed E-state index contributed by atoms with van der Waals surface area (Å²) >= 11 is 0. The largest absolute Gasteiger partial charge is 0.387 e. The molecule has 82 valence electrons. The molecule has 1 aliphatic carbocycles. The summed E-state index contributed by atoms with van der Waals surface area (Å²) in [5.74, 6) is 0.162. The van der Waals surface area contributed by atoms with Crippen molar-refractivity contribution in [1.82, 2.24) is 0 Å². The van der Waals surface area contributed by atoms with Gasteiger partial charge in [0.05, 0.1) is 0 Å². The summed E-state index contributed by atoms with van der Waals surface area (Å²) in [6, 6.07) is 0. The molecule has 2 N–H and O–H groups in total. The van der Waals surface area contributed by atoms with Gasteiger partial charge >= 0.3 is 0 Å². The highest BCUT2D eigenvalue weighted by molar-refractivity contribution is 4.94. The van der Waals surface area contributed by atoms with Crippen molar-refractivity contribution in [2.45, 2.75) is 43.8 Å². The van der Waals surface area contributed by atoms with E-state index in [0.29, 0.717) is 0 Å². The SMILES string of the molecule is O[C@@H]1COOC[C@@]1(O)C1CCCCC1. The minimum Gasteiger partial charge on any atom is -0.387 e. The first-order valence-corrected chi connectivity index (χ1v) is 5.38. The summed E-state index contributed by atoms with van der Waals surface area (Å²) in [6.07, 6.45) is 4.67. The lowest BCUT2D eigenvalue weighted by atomic mass is 9.74. The summed E-state index contributed by atoms with van der Waals surface area (Å²) in [4.78, 5) is 9.46. The Morgan fingerprint density at radius 1 is 1.07 bits per heavy atom. The van der Waals surface area contributed by atoms with Gasteiger partial charge in [-0.05, 0) is 18.8 Å². The Kier molecular flexibility index (Phi) is 3.07. The molecule has 4 heteroatoms. The third-order valence-electron chi connectivity index (χ3n) is 3.49. The third kappa shape index (κ3) is 1.80. The number of aliphatic hydroxyl groups excluding tert-OH is 1. The zero-order valence-electron chi connectivity index (χ0n) is 8.32. The molecule has 14 heavy (non-hydrogen) atoms. The smallest absolute Gasteiger partial charge is 0.122 e. The first-order valence-electron chi connectivity index (χ1n) is 5.38. The van der Waals surface area contributed by atoms with Gasteiger partial charge in [0.15, 0.2) is 0 Å². The molecule has 2 aliphatic rings. The van der Waals surface area contributed by atoms with E-state index in [-0.39, 0.29) is 19.1 Å². The second kappa shape index (κ2) is 4.14. The lowest BCUT2D eigenvalue weighted by molar-refractivity contribution is -0.381. The van der Waals surface area contributed by atoms with Crippen LogP contribution >= 0.6 is 0 Å². The van der Waals surface area contributed by atoms with Crippen LogP contribution in [0, 0.1) is 5.92 Å². The average molecular weight is 202 g/mol. The topological polar surface area (TPSA) is 58.9 Å². The van der Waals surface area contributed by atoms with Gasteiger partial charge < -0.3 is 10.2 Å². The van der Waals surface area contributed by atoms with E-state index in [1.165, 1.54) is 6.42 Å². The Labute approximate surface area is 83.8 Å². The lowest BCUT2D eigenvalue weighted by Crippen LogP contribution is -2.57. The van der Waals surface area contributed by atoms with Crippen LogP contribution in [-0.4, -0.2) is 35.1 Å². The second-order valence-corrected chi connectivity index (χ2v) is 4.39. The van der Waals surface area contributed by atoms with Crippen LogP contribution < -0.4 is 0 Å². The molecule has 0 spiro atoms.